The molecular formula is C15H15ClN2O2S. The summed E-state index contributed by atoms with van der Waals surface area (Å²) in [5, 5.41) is 6.21. The third kappa shape index (κ3) is 2.99. The van der Waals surface area contributed by atoms with E-state index in [0.717, 1.165) is 21.4 Å². The number of amides is 1. The lowest BCUT2D eigenvalue weighted by Gasteiger charge is -2.22. The van der Waals surface area contributed by atoms with Crippen LogP contribution in [0.2, 0.25) is 4.34 Å². The predicted octanol–water partition coefficient (Wildman–Crippen LogP) is 3.70. The molecule has 21 heavy (non-hydrogen) atoms. The van der Waals surface area contributed by atoms with Crippen LogP contribution in [0.3, 0.4) is 0 Å². The van der Waals surface area contributed by atoms with Crippen LogP contribution in [-0.2, 0) is 0 Å². The second-order valence-corrected chi connectivity index (χ2v) is 6.54. The Hall–Kier alpha value is -1.72. The molecule has 1 amide bonds. The molecule has 1 atom stereocenters. The van der Waals surface area contributed by atoms with E-state index in [4.69, 9.17) is 16.3 Å². The van der Waals surface area contributed by atoms with E-state index in [-0.39, 0.29) is 11.9 Å². The molecular weight excluding hydrogens is 308 g/mol. The van der Waals surface area contributed by atoms with E-state index in [9.17, 15) is 4.79 Å². The van der Waals surface area contributed by atoms with Crippen LogP contribution in [-0.4, -0.2) is 19.1 Å². The number of thiophene rings is 1. The Bertz CT molecular complexity index is 671. The summed E-state index contributed by atoms with van der Waals surface area (Å²) in [7, 11) is 0. The number of rotatable bonds is 3. The Morgan fingerprint density at radius 3 is 3.05 bits per heavy atom. The molecule has 3 rings (SSSR count). The summed E-state index contributed by atoms with van der Waals surface area (Å²) in [5.74, 6) is 0.477. The normalized spacial score (nSPS) is 14.6. The minimum Gasteiger partial charge on any atom is -0.489 e. The molecule has 4 nitrogen and oxygen atoms in total. The summed E-state index contributed by atoms with van der Waals surface area (Å²) in [6, 6.07) is 9.20. The number of para-hydroxylation sites is 1. The lowest BCUT2D eigenvalue weighted by Crippen LogP contribution is -2.28. The summed E-state index contributed by atoms with van der Waals surface area (Å²) in [4.78, 5) is 13.5. The highest BCUT2D eigenvalue weighted by Gasteiger charge is 2.20. The average Bonchev–Trinajstić information content (AvgIpc) is 2.93. The minimum atomic E-state index is -0.146. The maximum atomic E-state index is 12.5. The van der Waals surface area contributed by atoms with Crippen molar-refractivity contribution < 1.29 is 9.53 Å². The fourth-order valence-corrected chi connectivity index (χ4v) is 3.32. The topological polar surface area (TPSA) is 50.4 Å². The molecule has 0 aliphatic carbocycles. The molecule has 1 unspecified atom stereocenters. The fourth-order valence-electron chi connectivity index (χ4n) is 2.26. The first-order valence-corrected chi connectivity index (χ1v) is 7.90. The molecule has 2 aromatic rings. The Morgan fingerprint density at radius 1 is 1.43 bits per heavy atom. The molecule has 0 radical (unpaired) electrons. The number of nitrogens with one attached hydrogen (secondary N) is 2. The van der Waals surface area contributed by atoms with Gasteiger partial charge in [0.25, 0.3) is 5.91 Å². The molecule has 0 saturated heterocycles. The van der Waals surface area contributed by atoms with Crippen LogP contribution in [0.25, 0.3) is 0 Å². The predicted molar refractivity (Wildman–Crippen MR) is 85.6 cm³/mol. The van der Waals surface area contributed by atoms with Gasteiger partial charge >= 0.3 is 0 Å². The van der Waals surface area contributed by atoms with Gasteiger partial charge in [-0.15, -0.1) is 11.3 Å². The van der Waals surface area contributed by atoms with Crippen LogP contribution in [0, 0.1) is 0 Å². The van der Waals surface area contributed by atoms with E-state index >= 15 is 0 Å². The van der Waals surface area contributed by atoms with Crippen molar-refractivity contribution in [3.8, 4) is 5.75 Å². The molecule has 2 heterocycles. The van der Waals surface area contributed by atoms with Crippen molar-refractivity contribution in [1.82, 2.24) is 5.32 Å². The molecule has 6 heteroatoms. The smallest absolute Gasteiger partial charge is 0.255 e. The fraction of sp³-hybridized carbons (Fsp3) is 0.267. The summed E-state index contributed by atoms with van der Waals surface area (Å²) >= 11 is 7.40. The lowest BCUT2D eigenvalue weighted by molar-refractivity contribution is 0.0936. The second-order valence-electron chi connectivity index (χ2n) is 4.79. The molecule has 0 fully saturated rings. The van der Waals surface area contributed by atoms with Gasteiger partial charge in [-0.25, -0.2) is 0 Å². The monoisotopic (exact) mass is 322 g/mol. The van der Waals surface area contributed by atoms with Gasteiger partial charge in [-0.3, -0.25) is 4.79 Å². The van der Waals surface area contributed by atoms with Crippen molar-refractivity contribution in [2.24, 2.45) is 0 Å². The van der Waals surface area contributed by atoms with Crippen molar-refractivity contribution in [3.63, 3.8) is 0 Å². The van der Waals surface area contributed by atoms with Gasteiger partial charge in [0.2, 0.25) is 0 Å². The van der Waals surface area contributed by atoms with Crippen LogP contribution >= 0.6 is 22.9 Å². The molecule has 0 bridgehead atoms. The van der Waals surface area contributed by atoms with Crippen molar-refractivity contribution in [2.45, 2.75) is 13.0 Å². The third-order valence-electron chi connectivity index (χ3n) is 3.29. The van der Waals surface area contributed by atoms with Gasteiger partial charge in [0.05, 0.1) is 21.6 Å². The van der Waals surface area contributed by atoms with Crippen LogP contribution in [0.4, 0.5) is 5.69 Å². The SMILES string of the molecule is CC(NC(=O)c1cccc2c1OCCN2)c1ccc(Cl)s1. The van der Waals surface area contributed by atoms with E-state index < -0.39 is 0 Å². The minimum absolute atomic E-state index is 0.0950. The van der Waals surface area contributed by atoms with Crippen LogP contribution in [0.1, 0.15) is 28.2 Å². The number of fused-ring (bicyclic) bond motifs is 1. The quantitative estimate of drug-likeness (QED) is 0.906. The second kappa shape index (κ2) is 5.95. The van der Waals surface area contributed by atoms with E-state index in [2.05, 4.69) is 10.6 Å². The van der Waals surface area contributed by atoms with Crippen LogP contribution < -0.4 is 15.4 Å². The maximum absolute atomic E-state index is 12.5. The first-order valence-electron chi connectivity index (χ1n) is 6.71. The van der Waals surface area contributed by atoms with Crippen molar-refractivity contribution in [2.75, 3.05) is 18.5 Å². The number of anilines is 1. The highest BCUT2D eigenvalue weighted by atomic mass is 35.5. The molecule has 1 aromatic carbocycles. The summed E-state index contributed by atoms with van der Waals surface area (Å²) in [6.07, 6.45) is 0. The number of hydrogen-bond donors (Lipinski definition) is 2. The molecule has 1 aliphatic rings. The molecule has 0 spiro atoms. The number of benzene rings is 1. The first kappa shape index (κ1) is 14.2. The lowest BCUT2D eigenvalue weighted by atomic mass is 10.1. The van der Waals surface area contributed by atoms with Gasteiger partial charge in [-0.05, 0) is 31.2 Å². The molecule has 110 valence electrons. The Morgan fingerprint density at radius 2 is 2.29 bits per heavy atom. The van der Waals surface area contributed by atoms with E-state index in [1.807, 2.05) is 31.2 Å². The third-order valence-corrected chi connectivity index (χ3v) is 4.71. The van der Waals surface area contributed by atoms with Crippen molar-refractivity contribution in [1.29, 1.82) is 0 Å². The van der Waals surface area contributed by atoms with Crippen LogP contribution in [0.5, 0.6) is 5.75 Å². The summed E-state index contributed by atoms with van der Waals surface area (Å²) < 4.78 is 6.34. The number of ether oxygens (including phenoxy) is 1. The first-order chi connectivity index (χ1) is 10.1. The van der Waals surface area contributed by atoms with Gasteiger partial charge in [0.1, 0.15) is 6.61 Å². The van der Waals surface area contributed by atoms with Gasteiger partial charge in [-0.1, -0.05) is 17.7 Å². The number of hydrogen-bond acceptors (Lipinski definition) is 4. The van der Waals surface area contributed by atoms with E-state index in [1.54, 1.807) is 6.07 Å². The van der Waals surface area contributed by atoms with Crippen LogP contribution in [0.15, 0.2) is 30.3 Å². The highest BCUT2D eigenvalue weighted by Crippen LogP contribution is 2.32. The molecule has 0 saturated carbocycles. The number of carbonyl (C=O) groups is 1. The summed E-state index contributed by atoms with van der Waals surface area (Å²) in [6.45, 7) is 3.25. The van der Waals surface area contributed by atoms with Gasteiger partial charge in [0.15, 0.2) is 5.75 Å². The Kier molecular flexibility index (Phi) is 4.03. The zero-order valence-electron chi connectivity index (χ0n) is 11.5. The summed E-state index contributed by atoms with van der Waals surface area (Å²) in [5.41, 5.74) is 1.41. The van der Waals surface area contributed by atoms with Gasteiger partial charge in [0, 0.05) is 11.4 Å². The largest absolute Gasteiger partial charge is 0.489 e. The standard InChI is InChI=1S/C15H15ClN2O2S/c1-9(12-5-6-13(16)21-12)18-15(19)10-3-2-4-11-14(10)20-8-7-17-11/h2-6,9,17H,7-8H2,1H3,(H,18,19). The van der Waals surface area contributed by atoms with Crippen molar-refractivity contribution in [3.05, 3.63) is 45.1 Å². The zero-order chi connectivity index (χ0) is 14.8. The number of carbonyl (C=O) groups excluding carboxylic acids is 1. The van der Waals surface area contributed by atoms with E-state index in [0.29, 0.717) is 17.9 Å². The highest BCUT2D eigenvalue weighted by molar-refractivity contribution is 7.16. The van der Waals surface area contributed by atoms with Gasteiger partial charge < -0.3 is 15.4 Å². The molecule has 1 aromatic heterocycles. The van der Waals surface area contributed by atoms with Crippen molar-refractivity contribution >= 4 is 34.5 Å². The maximum Gasteiger partial charge on any atom is 0.255 e. The Balaban J connectivity index is 1.79. The molecule has 2 N–H and O–H groups in total. The zero-order valence-corrected chi connectivity index (χ0v) is 13.1. The van der Waals surface area contributed by atoms with Gasteiger partial charge in [-0.2, -0.15) is 0 Å². The number of halogens is 1. The average molecular weight is 323 g/mol. The molecule has 1 aliphatic heterocycles. The van der Waals surface area contributed by atoms with E-state index in [1.165, 1.54) is 11.3 Å². The Labute approximate surface area is 132 Å².